The fourth-order valence-electron chi connectivity index (χ4n) is 1.93. The van der Waals surface area contributed by atoms with E-state index in [-0.39, 0.29) is 13.2 Å². The number of rotatable bonds is 6. The normalized spacial score (nSPS) is 24.5. The summed E-state index contributed by atoms with van der Waals surface area (Å²) in [7, 11) is 0. The minimum Gasteiger partial charge on any atom is -0.461 e. The van der Waals surface area contributed by atoms with Crippen molar-refractivity contribution in [3.63, 3.8) is 0 Å². The molecule has 0 bridgehead atoms. The van der Waals surface area contributed by atoms with Crippen LogP contribution in [0.15, 0.2) is 49.1 Å². The molecular formula is C16H20O4. The van der Waals surface area contributed by atoms with Gasteiger partial charge >= 0.3 is 11.9 Å². The van der Waals surface area contributed by atoms with Crippen LogP contribution in [0, 0.1) is 11.3 Å². The Balaban J connectivity index is 2.98. The molecule has 1 aliphatic rings. The highest BCUT2D eigenvalue weighted by Crippen LogP contribution is 2.37. The molecule has 0 aromatic heterocycles. The molecular weight excluding hydrogens is 256 g/mol. The molecule has 0 heterocycles. The van der Waals surface area contributed by atoms with Gasteiger partial charge in [0.25, 0.3) is 0 Å². The third-order valence-corrected chi connectivity index (χ3v) is 3.14. The minimum absolute atomic E-state index is 0.111. The van der Waals surface area contributed by atoms with Crippen LogP contribution < -0.4 is 0 Å². The summed E-state index contributed by atoms with van der Waals surface area (Å²) >= 11 is 0. The molecule has 0 radical (unpaired) electrons. The largest absolute Gasteiger partial charge is 0.461 e. The van der Waals surface area contributed by atoms with E-state index in [9.17, 15) is 9.59 Å². The van der Waals surface area contributed by atoms with E-state index in [2.05, 4.69) is 13.2 Å². The van der Waals surface area contributed by atoms with Crippen LogP contribution in [0.4, 0.5) is 0 Å². The molecule has 20 heavy (non-hydrogen) atoms. The summed E-state index contributed by atoms with van der Waals surface area (Å²) in [5.74, 6) is -1.64. The number of hydrogen-bond acceptors (Lipinski definition) is 4. The maximum atomic E-state index is 12.2. The lowest BCUT2D eigenvalue weighted by Gasteiger charge is -2.32. The van der Waals surface area contributed by atoms with Gasteiger partial charge in [0.2, 0.25) is 0 Å². The molecule has 0 spiro atoms. The van der Waals surface area contributed by atoms with Crippen LogP contribution in [-0.2, 0) is 19.1 Å². The third kappa shape index (κ3) is 3.47. The molecule has 1 aliphatic carbocycles. The molecule has 4 heteroatoms. The quantitative estimate of drug-likeness (QED) is 0.552. The van der Waals surface area contributed by atoms with Gasteiger partial charge < -0.3 is 9.47 Å². The second-order valence-electron chi connectivity index (χ2n) is 4.81. The lowest BCUT2D eigenvalue weighted by molar-refractivity contribution is -0.161. The van der Waals surface area contributed by atoms with E-state index in [1.54, 1.807) is 25.2 Å². The zero-order valence-corrected chi connectivity index (χ0v) is 11.9. The summed E-state index contributed by atoms with van der Waals surface area (Å²) in [6.45, 7) is 10.7. The lowest BCUT2D eigenvalue weighted by Crippen LogP contribution is -2.41. The van der Waals surface area contributed by atoms with E-state index in [0.29, 0.717) is 0 Å². The first-order valence-corrected chi connectivity index (χ1v) is 6.39. The smallest absolute Gasteiger partial charge is 0.317 e. The van der Waals surface area contributed by atoms with E-state index in [1.807, 2.05) is 6.92 Å². The summed E-state index contributed by atoms with van der Waals surface area (Å²) in [4.78, 5) is 24.3. The van der Waals surface area contributed by atoms with Crippen LogP contribution in [0.25, 0.3) is 0 Å². The Morgan fingerprint density at radius 1 is 1.30 bits per heavy atom. The van der Waals surface area contributed by atoms with Gasteiger partial charge in [0, 0.05) is 0 Å². The standard InChI is InChI=1S/C16H20O4/c1-5-9-19-14(17)13-11-12(3)7-8-16(13,4)15(18)20-10-6-2/h5-8,11,13H,1-2,9-10H2,3-4H3. The number of carbonyl (C=O) groups is 2. The summed E-state index contributed by atoms with van der Waals surface area (Å²) < 4.78 is 10.2. The van der Waals surface area contributed by atoms with Gasteiger partial charge in [-0.05, 0) is 13.8 Å². The van der Waals surface area contributed by atoms with E-state index in [0.717, 1.165) is 5.57 Å². The summed E-state index contributed by atoms with van der Waals surface area (Å²) in [5, 5.41) is 0. The highest BCUT2D eigenvalue weighted by molar-refractivity contribution is 5.89. The predicted octanol–water partition coefficient (Wildman–Crippen LogP) is 2.58. The van der Waals surface area contributed by atoms with Crippen molar-refractivity contribution in [3.8, 4) is 0 Å². The molecule has 0 saturated heterocycles. The molecule has 0 saturated carbocycles. The zero-order chi connectivity index (χ0) is 15.2. The predicted molar refractivity (Wildman–Crippen MR) is 76.8 cm³/mol. The molecule has 2 atom stereocenters. The van der Waals surface area contributed by atoms with Crippen molar-refractivity contribution in [1.29, 1.82) is 0 Å². The molecule has 0 aliphatic heterocycles. The number of ether oxygens (including phenoxy) is 2. The Morgan fingerprint density at radius 3 is 2.50 bits per heavy atom. The van der Waals surface area contributed by atoms with Gasteiger partial charge in [0.05, 0.1) is 5.92 Å². The van der Waals surface area contributed by atoms with Crippen LogP contribution in [-0.4, -0.2) is 25.2 Å². The molecule has 0 aromatic rings. The Kier molecular flexibility index (Phi) is 5.50. The molecule has 0 N–H and O–H groups in total. The highest BCUT2D eigenvalue weighted by atomic mass is 16.5. The maximum absolute atomic E-state index is 12.2. The van der Waals surface area contributed by atoms with Crippen molar-refractivity contribution in [3.05, 3.63) is 49.1 Å². The van der Waals surface area contributed by atoms with Crippen molar-refractivity contribution in [1.82, 2.24) is 0 Å². The van der Waals surface area contributed by atoms with Crippen LogP contribution in [0.3, 0.4) is 0 Å². The first-order valence-electron chi connectivity index (χ1n) is 6.39. The van der Waals surface area contributed by atoms with Crippen molar-refractivity contribution in [2.24, 2.45) is 11.3 Å². The Hall–Kier alpha value is -2.10. The zero-order valence-electron chi connectivity index (χ0n) is 11.9. The van der Waals surface area contributed by atoms with Crippen molar-refractivity contribution < 1.29 is 19.1 Å². The lowest BCUT2D eigenvalue weighted by atomic mass is 9.73. The van der Waals surface area contributed by atoms with Crippen LogP contribution >= 0.6 is 0 Å². The topological polar surface area (TPSA) is 52.6 Å². The number of carbonyl (C=O) groups excluding carboxylic acids is 2. The molecule has 1 rings (SSSR count). The van der Waals surface area contributed by atoms with E-state index in [1.165, 1.54) is 12.2 Å². The van der Waals surface area contributed by atoms with Crippen LogP contribution in [0.1, 0.15) is 13.8 Å². The average molecular weight is 276 g/mol. The van der Waals surface area contributed by atoms with Gasteiger partial charge in [-0.25, -0.2) is 0 Å². The number of hydrogen-bond donors (Lipinski definition) is 0. The van der Waals surface area contributed by atoms with Crippen molar-refractivity contribution >= 4 is 11.9 Å². The van der Waals surface area contributed by atoms with E-state index in [4.69, 9.17) is 9.47 Å². The van der Waals surface area contributed by atoms with Gasteiger partial charge in [0.15, 0.2) is 0 Å². The molecule has 2 unspecified atom stereocenters. The Morgan fingerprint density at radius 2 is 1.90 bits per heavy atom. The Bertz CT molecular complexity index is 473. The second kappa shape index (κ2) is 6.89. The number of esters is 2. The van der Waals surface area contributed by atoms with Gasteiger partial charge in [-0.2, -0.15) is 0 Å². The Labute approximate surface area is 119 Å². The monoisotopic (exact) mass is 276 g/mol. The minimum atomic E-state index is -1.07. The first-order chi connectivity index (χ1) is 9.45. The number of allylic oxidation sites excluding steroid dienone is 2. The highest BCUT2D eigenvalue weighted by Gasteiger charge is 2.45. The van der Waals surface area contributed by atoms with Gasteiger partial charge in [-0.15, -0.1) is 0 Å². The van der Waals surface area contributed by atoms with Gasteiger partial charge in [0.1, 0.15) is 18.6 Å². The van der Waals surface area contributed by atoms with E-state index >= 15 is 0 Å². The van der Waals surface area contributed by atoms with Crippen LogP contribution in [0.2, 0.25) is 0 Å². The second-order valence-corrected chi connectivity index (χ2v) is 4.81. The van der Waals surface area contributed by atoms with Crippen molar-refractivity contribution in [2.75, 3.05) is 13.2 Å². The summed E-state index contributed by atoms with van der Waals surface area (Å²) in [6, 6.07) is 0. The molecule has 0 aromatic carbocycles. The molecule has 108 valence electrons. The van der Waals surface area contributed by atoms with Crippen molar-refractivity contribution in [2.45, 2.75) is 13.8 Å². The maximum Gasteiger partial charge on any atom is 0.317 e. The first kappa shape index (κ1) is 16.0. The SMILES string of the molecule is C=CCOC(=O)C1C=C(C)C=CC1(C)C(=O)OCC=C. The summed E-state index contributed by atoms with van der Waals surface area (Å²) in [5.41, 5.74) is -0.166. The fourth-order valence-corrected chi connectivity index (χ4v) is 1.93. The molecule has 4 nitrogen and oxygen atoms in total. The van der Waals surface area contributed by atoms with Gasteiger partial charge in [-0.3, -0.25) is 9.59 Å². The van der Waals surface area contributed by atoms with Crippen LogP contribution in [0.5, 0.6) is 0 Å². The van der Waals surface area contributed by atoms with E-state index < -0.39 is 23.3 Å². The molecule has 0 fully saturated rings. The summed E-state index contributed by atoms with van der Waals surface area (Å²) in [6.07, 6.45) is 8.18. The average Bonchev–Trinajstić information content (AvgIpc) is 2.44. The third-order valence-electron chi connectivity index (χ3n) is 3.14. The van der Waals surface area contributed by atoms with Gasteiger partial charge in [-0.1, -0.05) is 49.1 Å². The molecule has 0 amide bonds. The fraction of sp³-hybridized carbons (Fsp3) is 0.375.